The fourth-order valence-corrected chi connectivity index (χ4v) is 6.81. The number of carboxylic acids is 1. The predicted molar refractivity (Wildman–Crippen MR) is 156 cm³/mol. The van der Waals surface area contributed by atoms with E-state index in [0.717, 1.165) is 67.6 Å². The van der Waals surface area contributed by atoms with Crippen LogP contribution in [-0.4, -0.2) is 47.8 Å². The van der Waals surface area contributed by atoms with E-state index in [2.05, 4.69) is 10.2 Å². The molecule has 3 aliphatic heterocycles. The van der Waals surface area contributed by atoms with Crippen LogP contribution in [0.15, 0.2) is 78.9 Å². The number of rotatable bonds is 9. The third-order valence-corrected chi connectivity index (χ3v) is 9.22. The van der Waals surface area contributed by atoms with Crippen molar-refractivity contribution in [1.29, 1.82) is 0 Å². The quantitative estimate of drug-likeness (QED) is 0.334. The summed E-state index contributed by atoms with van der Waals surface area (Å²) >= 11 is 0. The van der Waals surface area contributed by atoms with Gasteiger partial charge in [0.15, 0.2) is 0 Å². The fourth-order valence-electron chi connectivity index (χ4n) is 6.81. The molecule has 7 rings (SSSR count). The number of carboxylic acid groups (broad SMARTS) is 1. The maximum atomic E-state index is 13.1. The average molecular weight is 555 g/mol. The van der Waals surface area contributed by atoms with Crippen molar-refractivity contribution >= 4 is 12.1 Å². The number of piperidine rings is 3. The lowest BCUT2D eigenvalue weighted by molar-refractivity contribution is -0.143. The highest BCUT2D eigenvalue weighted by atomic mass is 16.6. The van der Waals surface area contributed by atoms with E-state index in [1.54, 1.807) is 0 Å². The third-order valence-electron chi connectivity index (χ3n) is 9.22. The van der Waals surface area contributed by atoms with Gasteiger partial charge in [-0.1, -0.05) is 79.6 Å². The summed E-state index contributed by atoms with van der Waals surface area (Å²) in [5.74, 6) is 0.405. The first kappa shape index (κ1) is 27.3. The lowest BCUT2D eigenvalue weighted by atomic mass is 9.79. The van der Waals surface area contributed by atoms with Crippen LogP contribution in [0.4, 0.5) is 4.79 Å². The van der Waals surface area contributed by atoms with Crippen LogP contribution in [0.2, 0.25) is 0 Å². The normalized spacial score (nSPS) is 23.5. The van der Waals surface area contributed by atoms with Crippen LogP contribution >= 0.6 is 0 Å². The summed E-state index contributed by atoms with van der Waals surface area (Å²) in [5, 5.41) is 13.0. The van der Waals surface area contributed by atoms with Crippen molar-refractivity contribution in [2.45, 2.75) is 62.7 Å². The third kappa shape index (κ3) is 5.96. The summed E-state index contributed by atoms with van der Waals surface area (Å²) in [5.41, 5.74) is 2.94. The minimum Gasteiger partial charge on any atom is -0.489 e. The first-order valence-corrected chi connectivity index (χ1v) is 14.8. The molecule has 2 atom stereocenters. The van der Waals surface area contributed by atoms with E-state index in [4.69, 9.17) is 9.47 Å². The van der Waals surface area contributed by atoms with Gasteiger partial charge in [-0.05, 0) is 79.1 Å². The summed E-state index contributed by atoms with van der Waals surface area (Å²) in [7, 11) is 0. The molecule has 2 bridgehead atoms. The van der Waals surface area contributed by atoms with Crippen LogP contribution < -0.4 is 10.1 Å². The highest BCUT2D eigenvalue weighted by Gasteiger charge is 2.42. The van der Waals surface area contributed by atoms with Gasteiger partial charge in [-0.2, -0.15) is 0 Å². The molecule has 2 unspecified atom stereocenters. The van der Waals surface area contributed by atoms with Gasteiger partial charge in [-0.25, -0.2) is 4.79 Å². The van der Waals surface area contributed by atoms with Gasteiger partial charge in [0.05, 0.1) is 11.5 Å². The maximum Gasteiger partial charge on any atom is 0.408 e. The number of benzene rings is 3. The molecule has 3 heterocycles. The second kappa shape index (κ2) is 12.0. The topological polar surface area (TPSA) is 88.1 Å². The van der Waals surface area contributed by atoms with E-state index in [1.165, 1.54) is 0 Å². The first-order valence-electron chi connectivity index (χ1n) is 14.8. The number of alkyl carbamates (subject to hydrolysis) is 1. The van der Waals surface area contributed by atoms with Crippen molar-refractivity contribution in [2.75, 3.05) is 19.6 Å². The zero-order chi connectivity index (χ0) is 28.2. The fraction of sp³-hybridized carbons (Fsp3) is 0.412. The molecule has 1 amide bonds. The van der Waals surface area contributed by atoms with Crippen molar-refractivity contribution in [1.82, 2.24) is 10.2 Å². The lowest BCUT2D eigenvalue weighted by Gasteiger charge is -2.43. The van der Waals surface area contributed by atoms with Gasteiger partial charge < -0.3 is 19.9 Å². The van der Waals surface area contributed by atoms with Gasteiger partial charge in [-0.3, -0.25) is 9.69 Å². The zero-order valence-corrected chi connectivity index (χ0v) is 23.3. The molecule has 2 N–H and O–H groups in total. The summed E-state index contributed by atoms with van der Waals surface area (Å²) in [6.45, 7) is 3.36. The Hall–Kier alpha value is -3.84. The second-order valence-electron chi connectivity index (χ2n) is 11.7. The highest BCUT2D eigenvalue weighted by molar-refractivity contribution is 5.81. The van der Waals surface area contributed by atoms with Crippen LogP contribution in [0.1, 0.15) is 66.8 Å². The monoisotopic (exact) mass is 554 g/mol. The standard InChI is InChI=1S/C34H38N2O5/c37-32(38)34(17-4-5-18-34)28-13-11-24(12-14-28)23-40-29-10-6-9-27(21-29)31(26-7-2-1-3-8-26)35-33(39)41-30-22-36-19-15-25(30)16-20-36/h1-3,6-14,21,25,30-31H,4-5,15-20,22-23H2,(H,35,39)(H,37,38). The van der Waals surface area contributed by atoms with Crippen molar-refractivity contribution in [2.24, 2.45) is 5.92 Å². The molecule has 1 saturated carbocycles. The molecule has 214 valence electrons. The van der Waals surface area contributed by atoms with E-state index in [-0.39, 0.29) is 12.1 Å². The first-order chi connectivity index (χ1) is 20.0. The average Bonchev–Trinajstić information content (AvgIpc) is 3.52. The lowest BCUT2D eigenvalue weighted by Crippen LogP contribution is -2.52. The van der Waals surface area contributed by atoms with Crippen molar-refractivity contribution in [3.63, 3.8) is 0 Å². The number of amides is 1. The summed E-state index contributed by atoms with van der Waals surface area (Å²) in [4.78, 5) is 27.5. The molecule has 3 aromatic rings. The SMILES string of the molecule is O=C(NC(c1ccccc1)c1cccc(OCc2ccc(C3(C(=O)O)CCCC3)cc2)c1)OC1CN2CCC1CC2. The summed E-state index contributed by atoms with van der Waals surface area (Å²) in [6, 6.07) is 25.1. The van der Waals surface area contributed by atoms with Crippen LogP contribution in [0.25, 0.3) is 0 Å². The molecule has 3 saturated heterocycles. The molecule has 41 heavy (non-hydrogen) atoms. The number of hydrogen-bond donors (Lipinski definition) is 2. The number of nitrogens with one attached hydrogen (secondary N) is 1. The largest absolute Gasteiger partial charge is 0.489 e. The Balaban J connectivity index is 1.14. The second-order valence-corrected chi connectivity index (χ2v) is 11.7. The molecule has 0 radical (unpaired) electrons. The van der Waals surface area contributed by atoms with Gasteiger partial charge in [0.2, 0.25) is 0 Å². The number of carbonyl (C=O) groups excluding carboxylic acids is 1. The van der Waals surface area contributed by atoms with E-state index >= 15 is 0 Å². The Morgan fingerprint density at radius 1 is 0.927 bits per heavy atom. The number of ether oxygens (including phenoxy) is 2. The highest BCUT2D eigenvalue weighted by Crippen LogP contribution is 2.41. The number of aliphatic carboxylic acids is 1. The smallest absolute Gasteiger partial charge is 0.408 e. The van der Waals surface area contributed by atoms with Crippen molar-refractivity contribution < 1.29 is 24.2 Å². The van der Waals surface area contributed by atoms with Crippen molar-refractivity contribution in [3.05, 3.63) is 101 Å². The van der Waals surface area contributed by atoms with Gasteiger partial charge in [0.1, 0.15) is 18.5 Å². The minimum absolute atomic E-state index is 0.0611. The Kier molecular flexibility index (Phi) is 7.97. The number of hydrogen-bond acceptors (Lipinski definition) is 5. The number of carbonyl (C=O) groups is 2. The molecule has 3 aromatic carbocycles. The van der Waals surface area contributed by atoms with Crippen LogP contribution in [-0.2, 0) is 21.6 Å². The van der Waals surface area contributed by atoms with Crippen LogP contribution in [0.5, 0.6) is 5.75 Å². The number of fused-ring (bicyclic) bond motifs is 3. The van der Waals surface area contributed by atoms with Gasteiger partial charge in [0, 0.05) is 6.54 Å². The number of nitrogens with zero attached hydrogens (tertiary/aromatic N) is 1. The Bertz CT molecular complexity index is 1350. The molecular weight excluding hydrogens is 516 g/mol. The molecule has 4 aliphatic rings. The summed E-state index contributed by atoms with van der Waals surface area (Å²) < 4.78 is 12.1. The molecule has 1 aliphatic carbocycles. The summed E-state index contributed by atoms with van der Waals surface area (Å²) in [6.07, 6.45) is 4.99. The van der Waals surface area contributed by atoms with Gasteiger partial charge >= 0.3 is 12.1 Å². The maximum absolute atomic E-state index is 13.1. The molecule has 7 heteroatoms. The van der Waals surface area contributed by atoms with Crippen LogP contribution in [0.3, 0.4) is 0 Å². The predicted octanol–water partition coefficient (Wildman–Crippen LogP) is 6.07. The van der Waals surface area contributed by atoms with Crippen LogP contribution in [0, 0.1) is 5.92 Å². The Morgan fingerprint density at radius 3 is 2.29 bits per heavy atom. The van der Waals surface area contributed by atoms with Gasteiger partial charge in [-0.15, -0.1) is 0 Å². The van der Waals surface area contributed by atoms with E-state index in [1.807, 2.05) is 78.9 Å². The molecule has 0 aromatic heterocycles. The molecule has 0 spiro atoms. The Morgan fingerprint density at radius 2 is 1.63 bits per heavy atom. The Labute approximate surface area is 241 Å². The molecule has 7 nitrogen and oxygen atoms in total. The van der Waals surface area contributed by atoms with E-state index in [0.29, 0.717) is 31.1 Å². The zero-order valence-electron chi connectivity index (χ0n) is 23.3. The van der Waals surface area contributed by atoms with Crippen molar-refractivity contribution in [3.8, 4) is 5.75 Å². The van der Waals surface area contributed by atoms with E-state index in [9.17, 15) is 14.7 Å². The van der Waals surface area contributed by atoms with Gasteiger partial charge in [0.25, 0.3) is 0 Å². The molecule has 4 fully saturated rings. The molecular formula is C34H38N2O5. The minimum atomic E-state index is -0.761. The van der Waals surface area contributed by atoms with E-state index < -0.39 is 17.5 Å².